The average Bonchev–Trinajstić information content (AvgIpc) is 0.901. The minimum atomic E-state index is -1.84. The third-order valence-electron chi connectivity index (χ3n) is 18.9. The number of esters is 4. The van der Waals surface area contributed by atoms with Crippen molar-refractivity contribution >= 4 is 23.9 Å². The molecule has 91 heavy (non-hydrogen) atoms. The summed E-state index contributed by atoms with van der Waals surface area (Å²) in [7, 11) is 0. The van der Waals surface area contributed by atoms with E-state index >= 15 is 0 Å². The van der Waals surface area contributed by atoms with Gasteiger partial charge in [0.1, 0.15) is 24.4 Å². The van der Waals surface area contributed by atoms with E-state index in [1.54, 1.807) is 0 Å². The first kappa shape index (κ1) is 84.7. The number of aliphatic hydroxyl groups is 4. The molecule has 0 spiro atoms. The van der Waals surface area contributed by atoms with E-state index in [1.807, 2.05) is 0 Å². The highest BCUT2D eigenvalue weighted by atomic mass is 16.8. The number of hydrogen-bond donors (Lipinski definition) is 4. The quantitative estimate of drug-likeness (QED) is 0.0253. The van der Waals surface area contributed by atoms with E-state index in [0.29, 0.717) is 25.7 Å². The van der Waals surface area contributed by atoms with Crippen molar-refractivity contribution in [3.05, 3.63) is 0 Å². The molecule has 4 N–H and O–H groups in total. The molecule has 2 fully saturated rings. The van der Waals surface area contributed by atoms with Gasteiger partial charge in [0.05, 0.1) is 13.2 Å². The van der Waals surface area contributed by atoms with Crippen LogP contribution >= 0.6 is 0 Å². The van der Waals surface area contributed by atoms with E-state index < -0.39 is 98.5 Å². The maximum atomic E-state index is 14.0. The van der Waals surface area contributed by atoms with E-state index in [0.717, 1.165) is 103 Å². The molecular weight excluding hydrogens is 1150 g/mol. The molecule has 0 aliphatic carbocycles. The molecule has 10 atom stereocenters. The Morgan fingerprint density at radius 3 is 0.769 bits per heavy atom. The second kappa shape index (κ2) is 60.0. The van der Waals surface area contributed by atoms with E-state index in [-0.39, 0.29) is 25.7 Å². The molecule has 2 saturated heterocycles. The molecule has 0 amide bonds. The summed E-state index contributed by atoms with van der Waals surface area (Å²) in [4.78, 5) is 55.5. The van der Waals surface area contributed by atoms with Crippen LogP contribution in [0.5, 0.6) is 0 Å². The summed E-state index contributed by atoms with van der Waals surface area (Å²) in [5.41, 5.74) is 0. The number of rotatable bonds is 64. The van der Waals surface area contributed by atoms with Gasteiger partial charge < -0.3 is 53.6 Å². The summed E-state index contributed by atoms with van der Waals surface area (Å²) in [5.74, 6) is -2.55. The largest absolute Gasteiger partial charge is 0.455 e. The lowest BCUT2D eigenvalue weighted by atomic mass is 9.96. The summed E-state index contributed by atoms with van der Waals surface area (Å²) in [6.07, 6.45) is 43.1. The second-order valence-corrected chi connectivity index (χ2v) is 27.4. The van der Waals surface area contributed by atoms with Gasteiger partial charge >= 0.3 is 23.9 Å². The first-order chi connectivity index (χ1) is 44.5. The Morgan fingerprint density at radius 1 is 0.275 bits per heavy atom. The van der Waals surface area contributed by atoms with E-state index in [2.05, 4.69) is 27.7 Å². The highest BCUT2D eigenvalue weighted by Gasteiger charge is 2.56. The number of ether oxygens (including phenoxy) is 7. The van der Waals surface area contributed by atoms with Crippen molar-refractivity contribution in [3.8, 4) is 0 Å². The maximum absolute atomic E-state index is 14.0. The van der Waals surface area contributed by atoms with E-state index in [9.17, 15) is 39.6 Å². The molecule has 2 aliphatic rings. The van der Waals surface area contributed by atoms with Crippen molar-refractivity contribution in [1.82, 2.24) is 0 Å². The van der Waals surface area contributed by atoms with Crippen LogP contribution < -0.4 is 0 Å². The van der Waals surface area contributed by atoms with Crippen LogP contribution in [0.4, 0.5) is 0 Å². The van der Waals surface area contributed by atoms with Crippen LogP contribution in [0.25, 0.3) is 0 Å². The van der Waals surface area contributed by atoms with Gasteiger partial charge in [0, 0.05) is 25.7 Å². The van der Waals surface area contributed by atoms with Crippen LogP contribution in [-0.4, -0.2) is 119 Å². The molecular formula is C76H142O15. The maximum Gasteiger partial charge on any atom is 0.306 e. The van der Waals surface area contributed by atoms with Crippen LogP contribution in [0.3, 0.4) is 0 Å². The Morgan fingerprint density at radius 2 is 0.505 bits per heavy atom. The lowest BCUT2D eigenvalue weighted by molar-refractivity contribution is -0.357. The number of hydrogen-bond acceptors (Lipinski definition) is 15. The SMILES string of the molecule is CCCCCCCCCCCCCCCC(=O)O[C@@H]1[C@@H](OC(=O)CCCCCCCCCCCCCCC)[C@H](O)O[C@H](CO)[C@H]1O[C@H]1O[C@H](CO)[C@@H](O)[C@H](OC(=O)CCCCCCCCCCCCCCC)[C@H]1OC(=O)CCCCCCCCCCCCCCC. The molecule has 0 aromatic rings. The van der Waals surface area contributed by atoms with E-state index in [4.69, 9.17) is 33.2 Å². The first-order valence-electron chi connectivity index (χ1n) is 38.9. The molecule has 0 bridgehead atoms. The molecule has 0 unspecified atom stereocenters. The molecule has 0 aromatic heterocycles. The van der Waals surface area contributed by atoms with E-state index in [1.165, 1.54) is 205 Å². The lowest BCUT2D eigenvalue weighted by Gasteiger charge is -2.47. The highest BCUT2D eigenvalue weighted by Crippen LogP contribution is 2.35. The van der Waals surface area contributed by atoms with Gasteiger partial charge in [-0.3, -0.25) is 19.2 Å². The second-order valence-electron chi connectivity index (χ2n) is 27.4. The summed E-state index contributed by atoms with van der Waals surface area (Å²) < 4.78 is 43.1. The molecule has 2 rings (SSSR count). The minimum Gasteiger partial charge on any atom is -0.455 e. The monoisotopic (exact) mass is 1300 g/mol. The standard InChI is InChI=1S/C76H142O15/c1-5-9-13-17-21-25-29-33-37-41-45-49-53-57-65(79)87-71-69(83)63(61-77)86-76(74(71)90-68(82)60-56-52-48-44-40-36-32-28-24-20-16-12-8-4)91-70-64(62-78)85-75(84)73(89-67(81)59-55-51-47-43-39-35-31-27-23-19-15-11-7-3)72(70)88-66(80)58-54-50-46-42-38-34-30-26-22-18-14-10-6-2/h63-64,69-78,83-84H,5-62H2,1-4H3/t63-,64-,69-,70-,71+,72+,73-,74-,75-,76-/m1/s1. The number of aliphatic hydroxyl groups excluding tert-OH is 4. The van der Waals surface area contributed by atoms with Crippen LogP contribution in [0, 0.1) is 0 Å². The van der Waals surface area contributed by atoms with Crippen LogP contribution in [0.1, 0.15) is 387 Å². The van der Waals surface area contributed by atoms with Gasteiger partial charge in [0.25, 0.3) is 0 Å². The normalized spacial score (nSPS) is 21.7. The molecule has 15 heteroatoms. The molecule has 0 radical (unpaired) electrons. The van der Waals surface area contributed by atoms with Crippen LogP contribution in [0.2, 0.25) is 0 Å². The molecule has 0 aromatic carbocycles. The van der Waals surface area contributed by atoms with Crippen molar-refractivity contribution in [2.24, 2.45) is 0 Å². The first-order valence-corrected chi connectivity index (χ1v) is 38.9. The third kappa shape index (κ3) is 43.4. The van der Waals surface area contributed by atoms with Crippen molar-refractivity contribution < 1.29 is 72.8 Å². The molecule has 2 aliphatic heterocycles. The number of carbonyl (C=O) groups is 4. The van der Waals surface area contributed by atoms with Crippen LogP contribution in [-0.2, 0) is 52.3 Å². The van der Waals surface area contributed by atoms with Gasteiger partial charge in [-0.25, -0.2) is 0 Å². The fourth-order valence-corrected chi connectivity index (χ4v) is 13.0. The van der Waals surface area contributed by atoms with Gasteiger partial charge in [0.2, 0.25) is 0 Å². The summed E-state index contributed by atoms with van der Waals surface area (Å²) in [5, 5.41) is 44.9. The molecule has 0 saturated carbocycles. The Bertz CT molecular complexity index is 1680. The van der Waals surface area contributed by atoms with Crippen molar-refractivity contribution in [2.75, 3.05) is 13.2 Å². The fourth-order valence-electron chi connectivity index (χ4n) is 13.0. The fraction of sp³-hybridized carbons (Fsp3) is 0.947. The Balaban J connectivity index is 2.29. The summed E-state index contributed by atoms with van der Waals surface area (Å²) >= 11 is 0. The predicted molar refractivity (Wildman–Crippen MR) is 365 cm³/mol. The summed E-state index contributed by atoms with van der Waals surface area (Å²) in [6, 6.07) is 0. The van der Waals surface area contributed by atoms with Gasteiger partial charge in [-0.1, -0.05) is 336 Å². The highest BCUT2D eigenvalue weighted by molar-refractivity contribution is 5.71. The van der Waals surface area contributed by atoms with Crippen molar-refractivity contribution in [1.29, 1.82) is 0 Å². The van der Waals surface area contributed by atoms with Crippen molar-refractivity contribution in [3.63, 3.8) is 0 Å². The van der Waals surface area contributed by atoms with Gasteiger partial charge in [-0.15, -0.1) is 0 Å². The van der Waals surface area contributed by atoms with Crippen molar-refractivity contribution in [2.45, 2.75) is 449 Å². The Kier molecular flexibility index (Phi) is 55.9. The zero-order chi connectivity index (χ0) is 66.0. The van der Waals surface area contributed by atoms with Gasteiger partial charge in [0.15, 0.2) is 37.0 Å². The molecule has 536 valence electrons. The third-order valence-corrected chi connectivity index (χ3v) is 18.9. The Labute approximate surface area is 556 Å². The predicted octanol–water partition coefficient (Wildman–Crippen LogP) is 18.7. The van der Waals surface area contributed by atoms with Gasteiger partial charge in [-0.2, -0.15) is 0 Å². The molecule has 15 nitrogen and oxygen atoms in total. The average molecular weight is 1300 g/mol. The topological polar surface area (TPSA) is 214 Å². The van der Waals surface area contributed by atoms with Gasteiger partial charge in [-0.05, 0) is 25.7 Å². The lowest BCUT2D eigenvalue weighted by Crippen LogP contribution is -2.66. The number of unbranched alkanes of at least 4 members (excludes halogenated alkanes) is 48. The Hall–Kier alpha value is -2.40. The number of carbonyl (C=O) groups excluding carboxylic acids is 4. The zero-order valence-electron chi connectivity index (χ0n) is 59.1. The zero-order valence-corrected chi connectivity index (χ0v) is 59.1. The smallest absolute Gasteiger partial charge is 0.306 e. The molecule has 2 heterocycles. The van der Waals surface area contributed by atoms with Crippen LogP contribution in [0.15, 0.2) is 0 Å². The summed E-state index contributed by atoms with van der Waals surface area (Å²) in [6.45, 7) is 7.45. The minimum absolute atomic E-state index is 0.0227.